The molecular formula is C20H18O3. The molecule has 0 saturated heterocycles. The molecule has 1 unspecified atom stereocenters. The van der Waals surface area contributed by atoms with Crippen LogP contribution in [0.4, 0.5) is 0 Å². The topological polar surface area (TPSA) is 46.5 Å². The van der Waals surface area contributed by atoms with Gasteiger partial charge in [-0.1, -0.05) is 72.8 Å². The molecule has 3 rings (SSSR count). The smallest absolute Gasteiger partial charge is 0.323 e. The maximum Gasteiger partial charge on any atom is 0.323 e. The summed E-state index contributed by atoms with van der Waals surface area (Å²) in [5, 5.41) is 12.2. The third-order valence-corrected chi connectivity index (χ3v) is 4.29. The van der Waals surface area contributed by atoms with Gasteiger partial charge >= 0.3 is 5.97 Å². The molecule has 1 atom stereocenters. The summed E-state index contributed by atoms with van der Waals surface area (Å²) < 4.78 is 5.07. The van der Waals surface area contributed by atoms with Crippen LogP contribution in [-0.4, -0.2) is 24.8 Å². The highest BCUT2D eigenvalue weighted by Gasteiger charge is 2.43. The van der Waals surface area contributed by atoms with Gasteiger partial charge in [0.2, 0.25) is 0 Å². The Bertz CT molecular complexity index is 821. The average molecular weight is 306 g/mol. The lowest BCUT2D eigenvalue weighted by Crippen LogP contribution is -2.42. The van der Waals surface area contributed by atoms with Crippen LogP contribution in [-0.2, 0) is 14.9 Å². The zero-order chi connectivity index (χ0) is 16.3. The fourth-order valence-electron chi connectivity index (χ4n) is 3.12. The van der Waals surface area contributed by atoms with Gasteiger partial charge in [0.25, 0.3) is 0 Å². The first-order chi connectivity index (χ1) is 11.2. The molecule has 3 heteroatoms. The van der Waals surface area contributed by atoms with Gasteiger partial charge in [0.05, 0.1) is 13.7 Å². The van der Waals surface area contributed by atoms with E-state index in [1.54, 1.807) is 0 Å². The molecule has 3 nitrogen and oxygen atoms in total. The van der Waals surface area contributed by atoms with Crippen molar-refractivity contribution in [2.24, 2.45) is 0 Å². The third-order valence-electron chi connectivity index (χ3n) is 4.29. The molecule has 3 aromatic rings. The number of carbonyl (C=O) groups excluding carboxylic acids is 1. The van der Waals surface area contributed by atoms with Gasteiger partial charge in [0.15, 0.2) is 0 Å². The number of esters is 1. The lowest BCUT2D eigenvalue weighted by molar-refractivity contribution is -0.147. The number of hydrogen-bond acceptors (Lipinski definition) is 3. The molecule has 0 saturated carbocycles. The predicted molar refractivity (Wildman–Crippen MR) is 90.3 cm³/mol. The Morgan fingerprint density at radius 3 is 2.30 bits per heavy atom. The van der Waals surface area contributed by atoms with Gasteiger partial charge in [0, 0.05) is 0 Å². The maximum absolute atomic E-state index is 12.7. The lowest BCUT2D eigenvalue weighted by Gasteiger charge is -2.31. The third kappa shape index (κ3) is 2.39. The fraction of sp³-hybridized carbons (Fsp3) is 0.150. The highest BCUT2D eigenvalue weighted by atomic mass is 16.5. The number of rotatable bonds is 4. The van der Waals surface area contributed by atoms with Gasteiger partial charge in [-0.05, 0) is 21.9 Å². The Balaban J connectivity index is 2.37. The molecule has 0 aliphatic carbocycles. The zero-order valence-corrected chi connectivity index (χ0v) is 12.9. The molecule has 3 aromatic carbocycles. The molecule has 0 amide bonds. The van der Waals surface area contributed by atoms with Crippen molar-refractivity contribution in [2.75, 3.05) is 13.7 Å². The number of carbonyl (C=O) groups is 1. The Hall–Kier alpha value is -2.65. The number of aliphatic hydroxyl groups is 1. The summed E-state index contributed by atoms with van der Waals surface area (Å²) in [6.45, 7) is -0.363. The Kier molecular flexibility index (Phi) is 4.13. The van der Waals surface area contributed by atoms with Crippen LogP contribution >= 0.6 is 0 Å². The van der Waals surface area contributed by atoms with Crippen molar-refractivity contribution in [1.29, 1.82) is 0 Å². The van der Waals surface area contributed by atoms with E-state index in [4.69, 9.17) is 4.74 Å². The fourth-order valence-corrected chi connectivity index (χ4v) is 3.12. The second-order valence-electron chi connectivity index (χ2n) is 5.45. The van der Waals surface area contributed by atoms with Crippen molar-refractivity contribution in [1.82, 2.24) is 0 Å². The second kappa shape index (κ2) is 6.23. The van der Waals surface area contributed by atoms with E-state index in [-0.39, 0.29) is 6.61 Å². The van der Waals surface area contributed by atoms with E-state index < -0.39 is 11.4 Å². The van der Waals surface area contributed by atoms with Crippen LogP contribution in [0.3, 0.4) is 0 Å². The van der Waals surface area contributed by atoms with Crippen LogP contribution in [0.5, 0.6) is 0 Å². The van der Waals surface area contributed by atoms with Crippen LogP contribution in [0.2, 0.25) is 0 Å². The van der Waals surface area contributed by atoms with Crippen molar-refractivity contribution in [2.45, 2.75) is 5.41 Å². The first-order valence-corrected chi connectivity index (χ1v) is 7.47. The van der Waals surface area contributed by atoms with Crippen LogP contribution in [0, 0.1) is 0 Å². The highest BCUT2D eigenvalue weighted by Crippen LogP contribution is 2.37. The molecule has 0 aliphatic rings. The van der Waals surface area contributed by atoms with Crippen LogP contribution in [0.1, 0.15) is 11.1 Å². The zero-order valence-electron chi connectivity index (χ0n) is 12.9. The van der Waals surface area contributed by atoms with Gasteiger partial charge < -0.3 is 9.84 Å². The van der Waals surface area contributed by atoms with Crippen molar-refractivity contribution in [3.63, 3.8) is 0 Å². The number of benzene rings is 3. The predicted octanol–water partition coefficient (Wildman–Crippen LogP) is 3.29. The molecule has 0 radical (unpaired) electrons. The molecular weight excluding hydrogens is 288 g/mol. The van der Waals surface area contributed by atoms with E-state index >= 15 is 0 Å². The summed E-state index contributed by atoms with van der Waals surface area (Å²) in [5.74, 6) is -0.470. The first-order valence-electron chi connectivity index (χ1n) is 7.47. The van der Waals surface area contributed by atoms with Crippen LogP contribution in [0.15, 0.2) is 72.8 Å². The summed E-state index contributed by atoms with van der Waals surface area (Å²) in [7, 11) is 1.35. The highest BCUT2D eigenvalue weighted by molar-refractivity contribution is 5.96. The minimum Gasteiger partial charge on any atom is -0.468 e. The normalized spacial score (nSPS) is 13.5. The summed E-state index contributed by atoms with van der Waals surface area (Å²) >= 11 is 0. The number of hydrogen-bond donors (Lipinski definition) is 1. The molecule has 0 heterocycles. The Labute approximate surface area is 135 Å². The van der Waals surface area contributed by atoms with Crippen LogP contribution in [0.25, 0.3) is 10.8 Å². The minimum atomic E-state index is -1.24. The molecule has 116 valence electrons. The molecule has 0 bridgehead atoms. The minimum absolute atomic E-state index is 0.363. The molecule has 23 heavy (non-hydrogen) atoms. The van der Waals surface area contributed by atoms with Crippen molar-refractivity contribution in [3.8, 4) is 0 Å². The van der Waals surface area contributed by atoms with E-state index in [1.807, 2.05) is 72.8 Å². The summed E-state index contributed by atoms with van der Waals surface area (Å²) in [4.78, 5) is 12.7. The van der Waals surface area contributed by atoms with E-state index in [2.05, 4.69) is 0 Å². The maximum atomic E-state index is 12.7. The van der Waals surface area contributed by atoms with Gasteiger partial charge in [-0.25, -0.2) is 0 Å². The Morgan fingerprint density at radius 2 is 1.61 bits per heavy atom. The van der Waals surface area contributed by atoms with Crippen molar-refractivity contribution >= 4 is 16.7 Å². The quantitative estimate of drug-likeness (QED) is 0.752. The molecule has 1 N–H and O–H groups in total. The number of ether oxygens (including phenoxy) is 1. The number of methoxy groups -OCH3 is 1. The van der Waals surface area contributed by atoms with E-state index in [1.165, 1.54) is 7.11 Å². The monoisotopic (exact) mass is 306 g/mol. The Morgan fingerprint density at radius 1 is 0.957 bits per heavy atom. The molecule has 0 fully saturated rings. The SMILES string of the molecule is COC(=O)C(CO)(c1ccccc1)c1cccc2ccccc12. The first kappa shape index (κ1) is 15.3. The molecule has 0 aliphatic heterocycles. The number of fused-ring (bicyclic) bond motifs is 1. The molecule has 0 aromatic heterocycles. The average Bonchev–Trinajstić information content (AvgIpc) is 2.63. The second-order valence-corrected chi connectivity index (χ2v) is 5.45. The van der Waals surface area contributed by atoms with Gasteiger partial charge in [-0.15, -0.1) is 0 Å². The summed E-state index contributed by atoms with van der Waals surface area (Å²) in [5.41, 5.74) is 0.221. The van der Waals surface area contributed by atoms with E-state index in [9.17, 15) is 9.90 Å². The number of aliphatic hydroxyl groups excluding tert-OH is 1. The largest absolute Gasteiger partial charge is 0.468 e. The summed E-state index contributed by atoms with van der Waals surface area (Å²) in [6, 6.07) is 22.9. The van der Waals surface area contributed by atoms with Gasteiger partial charge in [0.1, 0.15) is 5.41 Å². The summed E-state index contributed by atoms with van der Waals surface area (Å²) in [6.07, 6.45) is 0. The van der Waals surface area contributed by atoms with Crippen molar-refractivity contribution < 1.29 is 14.6 Å². The van der Waals surface area contributed by atoms with Crippen molar-refractivity contribution in [3.05, 3.63) is 83.9 Å². The molecule has 0 spiro atoms. The van der Waals surface area contributed by atoms with E-state index in [0.717, 1.165) is 16.3 Å². The van der Waals surface area contributed by atoms with Gasteiger partial charge in [-0.2, -0.15) is 0 Å². The van der Waals surface area contributed by atoms with Crippen LogP contribution < -0.4 is 0 Å². The lowest BCUT2D eigenvalue weighted by atomic mass is 9.73. The van der Waals surface area contributed by atoms with E-state index in [0.29, 0.717) is 5.56 Å². The standard InChI is InChI=1S/C20H18O3/c1-23-19(22)20(14-21,16-10-3-2-4-11-16)18-13-7-9-15-8-5-6-12-17(15)18/h2-13,21H,14H2,1H3. The van der Waals surface area contributed by atoms with Gasteiger partial charge in [-0.3, -0.25) is 4.79 Å².